The molecule has 0 aromatic rings. The molecular weight excluding hydrogens is 1940 g/mol. The third-order valence-electron chi connectivity index (χ3n) is 19.0. The molecule has 64 heteroatoms. The number of aliphatic hydroxyl groups excluding tert-OH is 24. The van der Waals surface area contributed by atoms with Gasteiger partial charge in [-0.05, 0) is 88.5 Å². The van der Waals surface area contributed by atoms with E-state index in [0.29, 0.717) is 19.3 Å². The molecule has 43 atom stereocenters. The van der Waals surface area contributed by atoms with Crippen molar-refractivity contribution in [1.82, 2.24) is 0 Å². The summed E-state index contributed by atoms with van der Waals surface area (Å²) in [5.74, 6) is -13.3. The fraction of sp³-hybridized carbons (Fsp3) is 0.889. The van der Waals surface area contributed by atoms with E-state index in [1.165, 1.54) is 0 Å². The van der Waals surface area contributed by atoms with Crippen molar-refractivity contribution in [3.05, 3.63) is 0 Å². The Bertz CT molecular complexity index is 2990. The molecule has 0 aliphatic carbocycles. The van der Waals surface area contributed by atoms with Crippen molar-refractivity contribution >= 4 is 47.8 Å². The average Bonchev–Trinajstić information content (AvgIpc) is 0.739. The maximum Gasteiger partial charge on any atom is 1.00 e. The molecule has 0 saturated carbocycles. The van der Waals surface area contributed by atoms with Gasteiger partial charge in [0.2, 0.25) is 0 Å². The first-order valence-corrected chi connectivity index (χ1v) is 39.6. The smallest absolute Gasteiger partial charge is 0.547 e. The molecule has 8 aliphatic heterocycles. The molecular formula is C72H120Na8O56. The summed E-state index contributed by atoms with van der Waals surface area (Å²) in [5.41, 5.74) is 0. The van der Waals surface area contributed by atoms with Crippen molar-refractivity contribution < 1.29 is 514 Å². The number of aliphatic carboxylic acids is 8. The van der Waals surface area contributed by atoms with Crippen LogP contribution in [0.1, 0.15) is 109 Å². The average molecular weight is 2070 g/mol. The van der Waals surface area contributed by atoms with Crippen molar-refractivity contribution in [2.24, 2.45) is 0 Å². The normalized spacial score (nSPS) is 38.1. The molecule has 8 saturated heterocycles. The van der Waals surface area contributed by atoms with Crippen LogP contribution in [0.4, 0.5) is 0 Å². The Morgan fingerprint density at radius 1 is 0.199 bits per heavy atom. The van der Waals surface area contributed by atoms with Gasteiger partial charge in [-0.2, -0.15) is 0 Å². The monoisotopic (exact) mass is 2060 g/mol. The van der Waals surface area contributed by atoms with Crippen LogP contribution in [-0.2, 0) is 114 Å². The zero-order valence-corrected chi connectivity index (χ0v) is 95.0. The van der Waals surface area contributed by atoms with Crippen molar-refractivity contribution in [2.45, 2.75) is 385 Å². The molecule has 24 N–H and O–H groups in total. The fourth-order valence-electron chi connectivity index (χ4n) is 11.3. The second-order valence-corrected chi connectivity index (χ2v) is 29.5. The van der Waals surface area contributed by atoms with E-state index in [9.17, 15) is 202 Å². The number of hydrogen-bond acceptors (Lipinski definition) is 56. The van der Waals surface area contributed by atoms with Crippen LogP contribution in [0.2, 0.25) is 0 Å². The Hall–Kier alpha value is 2.16. The molecule has 8 fully saturated rings. The SMILES string of the molecule is CC(C)O[C@H]1OC(C(=O)[O-])[C@@H](O)[C@H](O)C1O.CC(C)O[C@H]1OC(C(=O)[O-])[C@@H](O)[C@H](O)C1O.CCC(C)O[C@H]1OC(C(=O)[O-])[C@@H](O)[C@H](O)C1O.CCC(C)O[C@H]1OC(C(=O)[O-])[C@@H](O)[C@H](O)C1O.CCC(C)O[C@H]1OC(C(=O)[O-])[C@H](O)[C@H](O)C1O.CCO[C@H]1OC(C(=O)[O-])[C@@H](O)[C@H](O)C1O.CCO[C@H]1OC(C(=O)[O-])[C@@H](O)[C@H](O)C1O.CCO[C@H]1OC(C(=O)[O-])[C@H](O)[C@H](O)C1O.[Na+].[Na+].[Na+].[Na+].[Na+].[Na+].[Na+].[Na+]. The van der Waals surface area contributed by atoms with Gasteiger partial charge in [-0.15, -0.1) is 0 Å². The van der Waals surface area contributed by atoms with Gasteiger partial charge in [-0.1, -0.05) is 20.8 Å². The van der Waals surface area contributed by atoms with E-state index in [1.54, 1.807) is 69.2 Å². The summed E-state index contributed by atoms with van der Waals surface area (Å²) in [6, 6.07) is 0. The van der Waals surface area contributed by atoms with Crippen LogP contribution in [-0.4, -0.2) is 466 Å². The summed E-state index contributed by atoms with van der Waals surface area (Å²) < 4.78 is 78.8. The number of carboxylic acid groups (broad SMARTS) is 8. The van der Waals surface area contributed by atoms with E-state index in [1.807, 2.05) is 20.8 Å². The molecule has 0 aromatic heterocycles. The standard InChI is InChI=1S/3C10H18O7.2C9H16O7.3C8H14O7.8Na/c3*1-3-4(2)16-10-7(13)5(11)6(12)8(17-10)9(14)15;2*1-3(2)15-9-6(12)4(10)5(11)7(16-9)8(13)14;3*1-2-14-8-5(11)3(9)4(10)6(15-8)7(12)13;;;;;;;;/h3*4-8,10-13H,3H2,1-2H3,(H,14,15);2*3-7,9-12H,1-2H3,(H,13,14);3*3-6,8-11H,2H2,1H3,(H,12,13);;;;;;;;/q;;;;;;;;8*+1/p-8/t4?,5-,6+,7?,8?,10-;2*4?,5-,6-,7?,8?,10-;2*4-,5-,6?,7?,9-;3-,4+,5?,6?,8-;2*3-,4-,5?,6?,8-;;;;;;;;/m00000000......../s1. The van der Waals surface area contributed by atoms with E-state index < -0.39 is 293 Å². The molecule has 0 radical (unpaired) electrons. The molecule has 136 heavy (non-hydrogen) atoms. The molecule has 752 valence electrons. The van der Waals surface area contributed by atoms with Crippen LogP contribution in [0.15, 0.2) is 0 Å². The Balaban J connectivity index is -0.000000228. The largest absolute Gasteiger partial charge is 1.00 e. The minimum atomic E-state index is -1.74. The molecule has 8 rings (SSSR count). The summed E-state index contributed by atoms with van der Waals surface area (Å²) in [5, 5.41) is 310. The van der Waals surface area contributed by atoms with Crippen molar-refractivity contribution in [1.29, 1.82) is 0 Å². The van der Waals surface area contributed by atoms with Gasteiger partial charge in [-0.25, -0.2) is 0 Å². The molecule has 0 amide bonds. The molecule has 0 aromatic carbocycles. The zero-order chi connectivity index (χ0) is 99.2. The quantitative estimate of drug-likeness (QED) is 0.0340. The first kappa shape index (κ1) is 153. The first-order valence-electron chi connectivity index (χ1n) is 39.6. The Morgan fingerprint density at radius 3 is 0.412 bits per heavy atom. The predicted octanol–water partition coefficient (Wildman–Crippen LogP) is -48.2. The molecule has 0 spiro atoms. The number of carbonyl (C=O) groups excluding carboxylic acids is 8. The van der Waals surface area contributed by atoms with Gasteiger partial charge >= 0.3 is 236 Å². The van der Waals surface area contributed by atoms with E-state index >= 15 is 0 Å². The fourth-order valence-corrected chi connectivity index (χ4v) is 11.3. The van der Waals surface area contributed by atoms with Gasteiger partial charge in [0, 0.05) is 19.8 Å². The number of rotatable bonds is 27. The van der Waals surface area contributed by atoms with Crippen LogP contribution in [0.3, 0.4) is 0 Å². The van der Waals surface area contributed by atoms with E-state index in [-0.39, 0.29) is 287 Å². The summed E-state index contributed by atoms with van der Waals surface area (Å²) in [4.78, 5) is 84.8. The summed E-state index contributed by atoms with van der Waals surface area (Å²) in [7, 11) is 0. The number of ether oxygens (including phenoxy) is 16. The van der Waals surface area contributed by atoms with E-state index in [0.717, 1.165) is 0 Å². The van der Waals surface area contributed by atoms with Crippen LogP contribution >= 0.6 is 0 Å². The van der Waals surface area contributed by atoms with Crippen LogP contribution in [0, 0.1) is 0 Å². The van der Waals surface area contributed by atoms with Gasteiger partial charge in [0.25, 0.3) is 0 Å². The molecule has 56 nitrogen and oxygen atoms in total. The number of aliphatic hydroxyl groups is 24. The second kappa shape index (κ2) is 75.8. The van der Waals surface area contributed by atoms with Gasteiger partial charge in [0.15, 0.2) is 50.3 Å². The minimum absolute atomic E-state index is 0. The number of carboxylic acids is 8. The Morgan fingerprint density at radius 2 is 0.309 bits per heavy atom. The van der Waals surface area contributed by atoms with Gasteiger partial charge in [0.05, 0.1) is 78.3 Å². The number of hydrogen-bond donors (Lipinski definition) is 24. The summed E-state index contributed by atoms with van der Waals surface area (Å²) in [6.07, 6.45) is -62.8. The molecule has 8 aliphatic rings. The number of carbonyl (C=O) groups is 8. The third kappa shape index (κ3) is 47.4. The van der Waals surface area contributed by atoms with E-state index in [2.05, 4.69) is 0 Å². The molecule has 19 unspecified atom stereocenters. The second-order valence-electron chi connectivity index (χ2n) is 29.5. The molecule has 0 bridgehead atoms. The summed E-state index contributed by atoms with van der Waals surface area (Å²) >= 11 is 0. The van der Waals surface area contributed by atoms with Crippen LogP contribution < -0.4 is 277 Å². The predicted molar refractivity (Wildman–Crippen MR) is 383 cm³/mol. The van der Waals surface area contributed by atoms with Crippen molar-refractivity contribution in [3.63, 3.8) is 0 Å². The zero-order valence-electron chi connectivity index (χ0n) is 79.0. The Kier molecular flexibility index (Phi) is 85.5. The summed E-state index contributed by atoms with van der Waals surface area (Å²) in [6.45, 7) is 22.6. The van der Waals surface area contributed by atoms with Crippen LogP contribution in [0.25, 0.3) is 0 Å². The maximum absolute atomic E-state index is 10.7. The maximum atomic E-state index is 10.7. The van der Waals surface area contributed by atoms with Crippen molar-refractivity contribution in [2.75, 3.05) is 19.8 Å². The van der Waals surface area contributed by atoms with Crippen molar-refractivity contribution in [3.8, 4) is 0 Å². The first-order chi connectivity index (χ1) is 59.3. The molecule has 8 heterocycles. The Labute approximate surface area is 955 Å². The van der Waals surface area contributed by atoms with Gasteiger partial charge < -0.3 is 278 Å². The third-order valence-corrected chi connectivity index (χ3v) is 19.0. The van der Waals surface area contributed by atoms with Gasteiger partial charge in [-0.3, -0.25) is 0 Å². The minimum Gasteiger partial charge on any atom is -0.547 e. The van der Waals surface area contributed by atoms with Gasteiger partial charge in [0.1, 0.15) is 195 Å². The van der Waals surface area contributed by atoms with Crippen LogP contribution in [0.5, 0.6) is 0 Å². The van der Waals surface area contributed by atoms with E-state index in [4.69, 9.17) is 75.8 Å². The topological polar surface area (TPSA) is 954 Å².